The summed E-state index contributed by atoms with van der Waals surface area (Å²) in [5, 5.41) is 3.15. The number of benzene rings is 1. The van der Waals surface area contributed by atoms with E-state index in [-0.39, 0.29) is 6.04 Å². The summed E-state index contributed by atoms with van der Waals surface area (Å²) in [6.45, 7) is 0.618. The molecular weight excluding hydrogens is 216 g/mol. The fourth-order valence-electron chi connectivity index (χ4n) is 1.14. The lowest BCUT2D eigenvalue weighted by atomic mass is 10.1. The van der Waals surface area contributed by atoms with Gasteiger partial charge in [-0.05, 0) is 24.7 Å². The standard InChI is InChI=1S/C9H13BrN2/c1-12-9(6-11)7-3-2-4-8(10)5-7/h2-5,9,12H,6,11H2,1H3/t9-/m1/s1. The molecule has 66 valence electrons. The average Bonchev–Trinajstić information content (AvgIpc) is 2.07. The predicted molar refractivity (Wildman–Crippen MR) is 55.0 cm³/mol. The van der Waals surface area contributed by atoms with Crippen molar-refractivity contribution in [2.75, 3.05) is 13.6 Å². The molecule has 1 atom stereocenters. The molecule has 0 aliphatic rings. The topological polar surface area (TPSA) is 38.0 Å². The van der Waals surface area contributed by atoms with Gasteiger partial charge in [0.1, 0.15) is 0 Å². The molecule has 0 unspecified atom stereocenters. The minimum absolute atomic E-state index is 0.252. The fraction of sp³-hybridized carbons (Fsp3) is 0.333. The van der Waals surface area contributed by atoms with E-state index in [1.54, 1.807) is 0 Å². The van der Waals surface area contributed by atoms with E-state index in [9.17, 15) is 0 Å². The van der Waals surface area contributed by atoms with Crippen LogP contribution in [-0.2, 0) is 0 Å². The molecule has 0 aromatic heterocycles. The van der Waals surface area contributed by atoms with Crippen LogP contribution in [0.2, 0.25) is 0 Å². The van der Waals surface area contributed by atoms with Gasteiger partial charge in [-0.15, -0.1) is 0 Å². The molecule has 0 saturated heterocycles. The molecule has 0 saturated carbocycles. The van der Waals surface area contributed by atoms with E-state index in [1.807, 2.05) is 19.2 Å². The van der Waals surface area contributed by atoms with Gasteiger partial charge in [0, 0.05) is 17.1 Å². The summed E-state index contributed by atoms with van der Waals surface area (Å²) in [7, 11) is 1.92. The molecule has 0 heterocycles. The van der Waals surface area contributed by atoms with Crippen molar-refractivity contribution >= 4 is 15.9 Å². The molecule has 3 N–H and O–H groups in total. The first kappa shape index (κ1) is 9.71. The van der Waals surface area contributed by atoms with Gasteiger partial charge < -0.3 is 11.1 Å². The van der Waals surface area contributed by atoms with Crippen molar-refractivity contribution in [1.29, 1.82) is 0 Å². The van der Waals surface area contributed by atoms with Crippen LogP contribution in [0.1, 0.15) is 11.6 Å². The second-order valence-electron chi connectivity index (χ2n) is 2.63. The first-order valence-corrected chi connectivity index (χ1v) is 4.70. The van der Waals surface area contributed by atoms with E-state index in [1.165, 1.54) is 5.56 Å². The number of halogens is 1. The van der Waals surface area contributed by atoms with Gasteiger partial charge in [-0.25, -0.2) is 0 Å². The fourth-order valence-corrected chi connectivity index (χ4v) is 1.56. The van der Waals surface area contributed by atoms with Gasteiger partial charge in [0.25, 0.3) is 0 Å². The van der Waals surface area contributed by atoms with Crippen LogP contribution in [0.5, 0.6) is 0 Å². The number of rotatable bonds is 3. The minimum Gasteiger partial charge on any atom is -0.329 e. The third-order valence-corrected chi connectivity index (χ3v) is 2.33. The molecule has 1 aromatic rings. The maximum absolute atomic E-state index is 5.59. The van der Waals surface area contributed by atoms with Crippen molar-refractivity contribution in [2.45, 2.75) is 6.04 Å². The highest BCUT2D eigenvalue weighted by atomic mass is 79.9. The average molecular weight is 229 g/mol. The van der Waals surface area contributed by atoms with Crippen LogP contribution in [-0.4, -0.2) is 13.6 Å². The smallest absolute Gasteiger partial charge is 0.0442 e. The van der Waals surface area contributed by atoms with Gasteiger partial charge in [-0.2, -0.15) is 0 Å². The molecule has 0 aliphatic carbocycles. The maximum atomic E-state index is 5.59. The van der Waals surface area contributed by atoms with Crippen LogP contribution in [0.4, 0.5) is 0 Å². The Hall–Kier alpha value is -0.380. The van der Waals surface area contributed by atoms with Crippen LogP contribution in [0.15, 0.2) is 28.7 Å². The summed E-state index contributed by atoms with van der Waals surface area (Å²) in [5.41, 5.74) is 6.80. The molecule has 0 bridgehead atoms. The molecule has 0 amide bonds. The third-order valence-electron chi connectivity index (χ3n) is 1.84. The van der Waals surface area contributed by atoms with Crippen LogP contribution in [0.25, 0.3) is 0 Å². The lowest BCUT2D eigenvalue weighted by molar-refractivity contribution is 0.605. The summed E-state index contributed by atoms with van der Waals surface area (Å²) in [6.07, 6.45) is 0. The number of nitrogens with one attached hydrogen (secondary N) is 1. The summed E-state index contributed by atoms with van der Waals surface area (Å²) in [5.74, 6) is 0. The van der Waals surface area contributed by atoms with E-state index < -0.39 is 0 Å². The highest BCUT2D eigenvalue weighted by Crippen LogP contribution is 2.16. The molecule has 12 heavy (non-hydrogen) atoms. The second-order valence-corrected chi connectivity index (χ2v) is 3.55. The third kappa shape index (κ3) is 2.30. The molecule has 0 spiro atoms. The van der Waals surface area contributed by atoms with Gasteiger partial charge in [0.15, 0.2) is 0 Å². The van der Waals surface area contributed by atoms with Gasteiger partial charge in [-0.3, -0.25) is 0 Å². The Morgan fingerprint density at radius 2 is 2.33 bits per heavy atom. The van der Waals surface area contributed by atoms with Crippen molar-refractivity contribution in [2.24, 2.45) is 5.73 Å². The quantitative estimate of drug-likeness (QED) is 0.827. The molecule has 0 aliphatic heterocycles. The Morgan fingerprint density at radius 3 is 2.83 bits per heavy atom. The largest absolute Gasteiger partial charge is 0.329 e. The maximum Gasteiger partial charge on any atom is 0.0442 e. The summed E-state index contributed by atoms with van der Waals surface area (Å²) in [6, 6.07) is 8.42. The summed E-state index contributed by atoms with van der Waals surface area (Å²) < 4.78 is 1.09. The lowest BCUT2D eigenvalue weighted by Crippen LogP contribution is -2.24. The van der Waals surface area contributed by atoms with E-state index in [0.717, 1.165) is 4.47 Å². The molecule has 1 aromatic carbocycles. The molecular formula is C9H13BrN2. The summed E-state index contributed by atoms with van der Waals surface area (Å²) in [4.78, 5) is 0. The lowest BCUT2D eigenvalue weighted by Gasteiger charge is -2.13. The SMILES string of the molecule is CN[C@H](CN)c1cccc(Br)c1. The monoisotopic (exact) mass is 228 g/mol. The van der Waals surface area contributed by atoms with Crippen LogP contribution in [0, 0.1) is 0 Å². The molecule has 0 radical (unpaired) electrons. The molecule has 1 rings (SSSR count). The Balaban J connectivity index is 2.85. The highest BCUT2D eigenvalue weighted by Gasteiger charge is 2.05. The summed E-state index contributed by atoms with van der Waals surface area (Å²) >= 11 is 3.42. The van der Waals surface area contributed by atoms with Crippen molar-refractivity contribution in [3.63, 3.8) is 0 Å². The van der Waals surface area contributed by atoms with Crippen molar-refractivity contribution in [3.8, 4) is 0 Å². The number of nitrogens with two attached hydrogens (primary N) is 1. The molecule has 0 fully saturated rings. The van der Waals surface area contributed by atoms with Crippen molar-refractivity contribution in [3.05, 3.63) is 34.3 Å². The van der Waals surface area contributed by atoms with Crippen LogP contribution < -0.4 is 11.1 Å². The number of hydrogen-bond donors (Lipinski definition) is 2. The Morgan fingerprint density at radius 1 is 1.58 bits per heavy atom. The Labute approximate surface area is 81.3 Å². The van der Waals surface area contributed by atoms with E-state index in [2.05, 4.69) is 33.4 Å². The van der Waals surface area contributed by atoms with E-state index in [0.29, 0.717) is 6.54 Å². The normalized spacial score (nSPS) is 12.9. The minimum atomic E-state index is 0.252. The Bertz CT molecular complexity index is 246. The predicted octanol–water partition coefficient (Wildman–Crippen LogP) is 1.67. The van der Waals surface area contributed by atoms with Crippen LogP contribution in [0.3, 0.4) is 0 Å². The number of likely N-dealkylation sites (N-methyl/N-ethyl adjacent to an activating group) is 1. The number of hydrogen-bond acceptors (Lipinski definition) is 2. The molecule has 3 heteroatoms. The van der Waals surface area contributed by atoms with E-state index >= 15 is 0 Å². The first-order valence-electron chi connectivity index (χ1n) is 3.90. The van der Waals surface area contributed by atoms with Gasteiger partial charge in [0.05, 0.1) is 0 Å². The second kappa shape index (κ2) is 4.60. The van der Waals surface area contributed by atoms with Gasteiger partial charge >= 0.3 is 0 Å². The zero-order valence-electron chi connectivity index (χ0n) is 7.05. The van der Waals surface area contributed by atoms with E-state index in [4.69, 9.17) is 5.73 Å². The van der Waals surface area contributed by atoms with Crippen LogP contribution >= 0.6 is 15.9 Å². The van der Waals surface area contributed by atoms with Crippen molar-refractivity contribution < 1.29 is 0 Å². The highest BCUT2D eigenvalue weighted by molar-refractivity contribution is 9.10. The van der Waals surface area contributed by atoms with Gasteiger partial charge in [0.2, 0.25) is 0 Å². The van der Waals surface area contributed by atoms with Crippen molar-refractivity contribution in [1.82, 2.24) is 5.32 Å². The Kier molecular flexibility index (Phi) is 3.72. The molecule has 2 nitrogen and oxygen atoms in total. The first-order chi connectivity index (χ1) is 5.77. The van der Waals surface area contributed by atoms with Gasteiger partial charge in [-0.1, -0.05) is 28.1 Å². The zero-order chi connectivity index (χ0) is 8.97. The zero-order valence-corrected chi connectivity index (χ0v) is 8.64.